The van der Waals surface area contributed by atoms with E-state index in [0.29, 0.717) is 17.9 Å². The summed E-state index contributed by atoms with van der Waals surface area (Å²) in [6.45, 7) is 15.3. The Hall–Kier alpha value is -2.04. The molecule has 8 nitrogen and oxygen atoms in total. The highest BCUT2D eigenvalue weighted by Gasteiger charge is 2.24. The largest absolute Gasteiger partial charge is 0.363 e. The highest BCUT2D eigenvalue weighted by molar-refractivity contribution is 7.89. The van der Waals surface area contributed by atoms with Gasteiger partial charge >= 0.3 is 0 Å². The molecule has 0 bridgehead atoms. The monoisotopic (exact) mass is 646 g/mol. The minimum atomic E-state index is -3.37. The van der Waals surface area contributed by atoms with Gasteiger partial charge in [0, 0.05) is 28.6 Å². The molecule has 10 heteroatoms. The number of rotatable bonds is 22. The van der Waals surface area contributed by atoms with Crippen LogP contribution in [0.1, 0.15) is 148 Å². The van der Waals surface area contributed by atoms with Crippen molar-refractivity contribution in [3.05, 3.63) is 33.7 Å². The van der Waals surface area contributed by atoms with Crippen LogP contribution in [-0.4, -0.2) is 47.1 Å². The molecule has 0 aromatic carbocycles. The third-order valence-electron chi connectivity index (χ3n) is 8.10. The second-order valence-electron chi connectivity index (χ2n) is 13.2. The standard InChI is InChI=1S/C34H58N6O2S2/c1-7-10-13-15-17-19-23-39(24-20-18-16-14-11-8-2)31-22-21-28(43-31)26-29-32(34(4,5)6)38-40-30(36-37-33(29)40)27-35-44(41,42)25-12-9-3/h21-22,26,35H,7-20,23-25,27H2,1-6H3/b29-26-. The van der Waals surface area contributed by atoms with E-state index in [1.165, 1.54) is 86.9 Å². The lowest BCUT2D eigenvalue weighted by atomic mass is 9.91. The lowest BCUT2D eigenvalue weighted by Gasteiger charge is -2.23. The Bertz CT molecular complexity index is 1390. The lowest BCUT2D eigenvalue weighted by Crippen LogP contribution is -2.27. The Morgan fingerprint density at radius 3 is 2.02 bits per heavy atom. The Kier molecular flexibility index (Phi) is 15.1. The first kappa shape index (κ1) is 36.4. The van der Waals surface area contributed by atoms with E-state index in [2.05, 4.69) is 72.6 Å². The molecule has 0 aliphatic heterocycles. The second kappa shape index (κ2) is 18.2. The van der Waals surface area contributed by atoms with E-state index in [0.717, 1.165) is 30.4 Å². The summed E-state index contributed by atoms with van der Waals surface area (Å²) in [5, 5.41) is 16.0. The van der Waals surface area contributed by atoms with Crippen LogP contribution in [0.4, 0.5) is 5.00 Å². The van der Waals surface area contributed by atoms with Gasteiger partial charge in [0.05, 0.1) is 23.0 Å². The maximum atomic E-state index is 12.4. The number of hydrogen-bond acceptors (Lipinski definition) is 7. The van der Waals surface area contributed by atoms with E-state index in [-0.39, 0.29) is 17.7 Å². The predicted octanol–water partition coefficient (Wildman–Crippen LogP) is 7.78. The number of fused-ring (bicyclic) bond motifs is 1. The molecular formula is C34H58N6O2S2. The fourth-order valence-electron chi connectivity index (χ4n) is 5.45. The van der Waals surface area contributed by atoms with E-state index in [1.54, 1.807) is 4.52 Å². The molecule has 3 aromatic heterocycles. The molecule has 0 fully saturated rings. The van der Waals surface area contributed by atoms with Gasteiger partial charge in [-0.05, 0) is 37.5 Å². The summed E-state index contributed by atoms with van der Waals surface area (Å²) < 4.78 is 29.2. The van der Waals surface area contributed by atoms with Crippen LogP contribution in [0.25, 0.3) is 11.7 Å². The van der Waals surface area contributed by atoms with Crippen molar-refractivity contribution in [2.45, 2.75) is 143 Å². The summed E-state index contributed by atoms with van der Waals surface area (Å²) >= 11 is 1.83. The van der Waals surface area contributed by atoms with Gasteiger partial charge in [-0.2, -0.15) is 9.61 Å². The summed E-state index contributed by atoms with van der Waals surface area (Å²) in [5.41, 5.74) is 1.39. The number of hydrogen-bond donors (Lipinski definition) is 1. The van der Waals surface area contributed by atoms with Crippen molar-refractivity contribution in [3.8, 4) is 0 Å². The minimum Gasteiger partial charge on any atom is -0.363 e. The van der Waals surface area contributed by atoms with E-state index >= 15 is 0 Å². The van der Waals surface area contributed by atoms with E-state index < -0.39 is 10.0 Å². The zero-order chi connectivity index (χ0) is 32.0. The van der Waals surface area contributed by atoms with Crippen molar-refractivity contribution in [1.82, 2.24) is 24.5 Å². The summed E-state index contributed by atoms with van der Waals surface area (Å²) in [5.74, 6) is 0.614. The first-order valence-electron chi connectivity index (χ1n) is 17.2. The molecule has 3 aromatic rings. The molecule has 1 N–H and O–H groups in total. The zero-order valence-electron chi connectivity index (χ0n) is 28.3. The van der Waals surface area contributed by atoms with Crippen LogP contribution in [0.2, 0.25) is 0 Å². The minimum absolute atomic E-state index is 0.0717. The Labute approximate surface area is 271 Å². The number of anilines is 1. The third-order valence-corrected chi connectivity index (χ3v) is 10.6. The van der Waals surface area contributed by atoms with Crippen LogP contribution in [0.15, 0.2) is 12.1 Å². The maximum Gasteiger partial charge on any atom is 0.212 e. The number of thiophene rings is 1. The van der Waals surface area contributed by atoms with Gasteiger partial charge in [0.15, 0.2) is 11.5 Å². The SMILES string of the molecule is CCCCCCCCN(CCCCCCCC)c1ccc(/C=c2/c(C(C)(C)C)nn3c(CNS(=O)(=O)CCCC)nnc23)s1. The average molecular weight is 647 g/mol. The van der Waals surface area contributed by atoms with Crippen molar-refractivity contribution in [2.24, 2.45) is 0 Å². The number of aromatic nitrogens is 4. The summed E-state index contributed by atoms with van der Waals surface area (Å²) in [4.78, 5) is 3.77. The van der Waals surface area contributed by atoms with Crippen LogP contribution in [0.3, 0.4) is 0 Å². The first-order chi connectivity index (χ1) is 21.1. The molecule has 0 amide bonds. The van der Waals surface area contributed by atoms with Gasteiger partial charge in [-0.1, -0.05) is 112 Å². The average Bonchev–Trinajstić information content (AvgIpc) is 3.70. The number of nitrogens with one attached hydrogen (secondary N) is 1. The van der Waals surface area contributed by atoms with Crippen molar-refractivity contribution in [1.29, 1.82) is 0 Å². The molecular weight excluding hydrogens is 589 g/mol. The Morgan fingerprint density at radius 1 is 0.841 bits per heavy atom. The molecule has 0 radical (unpaired) electrons. The van der Waals surface area contributed by atoms with Crippen molar-refractivity contribution < 1.29 is 8.42 Å². The van der Waals surface area contributed by atoms with Gasteiger partial charge in [-0.25, -0.2) is 13.1 Å². The maximum absolute atomic E-state index is 12.4. The Morgan fingerprint density at radius 2 is 1.43 bits per heavy atom. The van der Waals surface area contributed by atoms with Gasteiger partial charge in [-0.3, -0.25) is 0 Å². The van der Waals surface area contributed by atoms with Crippen LogP contribution >= 0.6 is 11.3 Å². The van der Waals surface area contributed by atoms with Crippen LogP contribution in [0, 0.1) is 0 Å². The molecule has 0 saturated heterocycles. The highest BCUT2D eigenvalue weighted by Crippen LogP contribution is 2.28. The normalized spacial score (nSPS) is 13.0. The molecule has 0 saturated carbocycles. The smallest absolute Gasteiger partial charge is 0.212 e. The van der Waals surface area contributed by atoms with E-state index in [1.807, 2.05) is 18.3 Å². The van der Waals surface area contributed by atoms with Gasteiger partial charge in [0.25, 0.3) is 0 Å². The number of nitrogens with zero attached hydrogens (tertiary/aromatic N) is 5. The van der Waals surface area contributed by atoms with Crippen molar-refractivity contribution in [2.75, 3.05) is 23.7 Å². The predicted molar refractivity (Wildman–Crippen MR) is 187 cm³/mol. The fourth-order valence-corrected chi connectivity index (χ4v) is 7.62. The number of sulfonamides is 1. The van der Waals surface area contributed by atoms with Gasteiger partial charge in [0.2, 0.25) is 10.0 Å². The van der Waals surface area contributed by atoms with Crippen LogP contribution < -0.4 is 14.8 Å². The molecule has 0 unspecified atom stereocenters. The lowest BCUT2D eigenvalue weighted by molar-refractivity contribution is 0.554. The molecule has 0 aliphatic carbocycles. The molecule has 248 valence electrons. The van der Waals surface area contributed by atoms with Gasteiger partial charge in [-0.15, -0.1) is 21.5 Å². The topological polar surface area (TPSA) is 92.5 Å². The molecule has 3 heterocycles. The fraction of sp³-hybridized carbons (Fsp3) is 0.735. The number of unbranched alkanes of at least 4 members (excludes halogenated alkanes) is 11. The first-order valence-corrected chi connectivity index (χ1v) is 19.6. The highest BCUT2D eigenvalue weighted by atomic mass is 32.2. The molecule has 44 heavy (non-hydrogen) atoms. The molecule has 0 spiro atoms. The Balaban J connectivity index is 1.82. The van der Waals surface area contributed by atoms with E-state index in [4.69, 9.17) is 5.10 Å². The summed E-state index contributed by atoms with van der Waals surface area (Å²) in [6.07, 6.45) is 19.3. The summed E-state index contributed by atoms with van der Waals surface area (Å²) in [7, 11) is -3.37. The third kappa shape index (κ3) is 11.4. The quantitative estimate of drug-likeness (QED) is 0.112. The second-order valence-corrected chi connectivity index (χ2v) is 16.2. The van der Waals surface area contributed by atoms with Gasteiger partial charge in [0.1, 0.15) is 0 Å². The molecule has 0 aliphatic rings. The van der Waals surface area contributed by atoms with Crippen molar-refractivity contribution in [3.63, 3.8) is 0 Å². The molecule has 0 atom stereocenters. The van der Waals surface area contributed by atoms with Crippen molar-refractivity contribution >= 4 is 38.1 Å². The molecule has 3 rings (SSSR count). The summed E-state index contributed by atoms with van der Waals surface area (Å²) in [6, 6.07) is 4.49. The van der Waals surface area contributed by atoms with Gasteiger partial charge < -0.3 is 4.90 Å². The van der Waals surface area contributed by atoms with Crippen LogP contribution in [-0.2, 0) is 22.0 Å². The van der Waals surface area contributed by atoms with E-state index in [9.17, 15) is 8.42 Å². The zero-order valence-corrected chi connectivity index (χ0v) is 30.0. The van der Waals surface area contributed by atoms with Crippen LogP contribution in [0.5, 0.6) is 0 Å².